The minimum absolute atomic E-state index is 0.143. The molecule has 0 bridgehead atoms. The second-order valence-corrected chi connectivity index (χ2v) is 5.51. The van der Waals surface area contributed by atoms with E-state index in [1.807, 2.05) is 0 Å². The zero-order valence-corrected chi connectivity index (χ0v) is 11.9. The Bertz CT molecular complexity index is 979. The van der Waals surface area contributed by atoms with Crippen LogP contribution >= 0.6 is 0 Å². The molecule has 3 rings (SSSR count). The van der Waals surface area contributed by atoms with Crippen LogP contribution in [-0.4, -0.2) is 32.5 Å². The molecule has 0 amide bonds. The number of nitrogens with two attached hydrogens (primary N) is 1. The first-order valence-electron chi connectivity index (χ1n) is 5.81. The number of benzene rings is 1. The van der Waals surface area contributed by atoms with E-state index in [0.29, 0.717) is 22.2 Å². The molecule has 21 heavy (non-hydrogen) atoms. The average Bonchev–Trinajstić information content (AvgIpc) is 2.65. The van der Waals surface area contributed by atoms with Crippen molar-refractivity contribution in [2.75, 3.05) is 5.73 Å². The predicted molar refractivity (Wildman–Crippen MR) is 75.1 cm³/mol. The van der Waals surface area contributed by atoms with Gasteiger partial charge in [0.15, 0.2) is 5.75 Å². The van der Waals surface area contributed by atoms with Crippen LogP contribution < -0.4 is 9.92 Å². The Morgan fingerprint density at radius 3 is 2.67 bits per heavy atom. The number of anilines is 1. The van der Waals surface area contributed by atoms with E-state index in [4.69, 9.17) is 10.3 Å². The van der Waals surface area contributed by atoms with E-state index in [9.17, 15) is 8.42 Å². The maximum Gasteiger partial charge on any atom is 0.446 e. The molecule has 0 saturated heterocycles. The van der Waals surface area contributed by atoms with Crippen molar-refractivity contribution in [3.05, 3.63) is 18.0 Å². The van der Waals surface area contributed by atoms with Gasteiger partial charge in [-0.1, -0.05) is 0 Å². The summed E-state index contributed by atoms with van der Waals surface area (Å²) in [4.78, 5) is 12.6. The molecule has 2 heterocycles. The Kier molecular flexibility index (Phi) is 2.75. The summed E-state index contributed by atoms with van der Waals surface area (Å²) in [5, 5.41) is 0. The fraction of sp³-hybridized carbons (Fsp3) is 0.182. The number of imidazole rings is 1. The van der Waals surface area contributed by atoms with E-state index < -0.39 is 10.4 Å². The van der Waals surface area contributed by atoms with Gasteiger partial charge < -0.3 is 14.5 Å². The second kappa shape index (κ2) is 4.27. The molecule has 2 aromatic heterocycles. The van der Waals surface area contributed by atoms with E-state index in [1.165, 1.54) is 12.3 Å². The van der Waals surface area contributed by atoms with Crippen molar-refractivity contribution in [1.29, 1.82) is 0 Å². The molecular formula is C11H11N5O4S. The monoisotopic (exact) mass is 309 g/mol. The third kappa shape index (κ3) is 2.23. The summed E-state index contributed by atoms with van der Waals surface area (Å²) in [6.07, 6.45) is 1.46. The summed E-state index contributed by atoms with van der Waals surface area (Å²) in [5.41, 5.74) is 7.88. The van der Waals surface area contributed by atoms with Gasteiger partial charge in [-0.25, -0.2) is 15.0 Å². The fourth-order valence-electron chi connectivity index (χ4n) is 2.06. The van der Waals surface area contributed by atoms with Gasteiger partial charge in [-0.15, -0.1) is 0 Å². The Morgan fingerprint density at radius 2 is 2.00 bits per heavy atom. The number of nitrogen functional groups attached to an aromatic ring is 1. The highest BCUT2D eigenvalue weighted by molar-refractivity contribution is 7.81. The van der Waals surface area contributed by atoms with E-state index in [1.54, 1.807) is 18.5 Å². The topological polar surface area (TPSA) is 133 Å². The van der Waals surface area contributed by atoms with Crippen molar-refractivity contribution in [3.63, 3.8) is 0 Å². The van der Waals surface area contributed by atoms with Crippen LogP contribution in [0.15, 0.2) is 12.3 Å². The first-order chi connectivity index (χ1) is 9.76. The molecule has 3 N–H and O–H groups in total. The SMILES string of the molecule is Cc1cnc2c(OS(=O)(=O)O)cc3c(nc(N)n3C)c2n1. The molecule has 110 valence electrons. The highest BCUT2D eigenvalue weighted by Gasteiger charge is 2.19. The van der Waals surface area contributed by atoms with Gasteiger partial charge in [-0.05, 0) is 6.92 Å². The summed E-state index contributed by atoms with van der Waals surface area (Å²) < 4.78 is 37.0. The number of rotatable bonds is 2. The molecule has 0 aliphatic rings. The standard InChI is InChI=1S/C11H11N5O4S/c1-5-4-13-9-7(20-21(17,18)19)3-6-8(10(9)14-5)15-11(12)16(6)2/h3-4H,1-2H3,(H2,12,15)(H,17,18,19). The number of fused-ring (bicyclic) bond motifs is 3. The number of aromatic nitrogens is 4. The average molecular weight is 309 g/mol. The molecule has 0 aliphatic heterocycles. The van der Waals surface area contributed by atoms with Gasteiger partial charge in [0.05, 0.1) is 11.2 Å². The van der Waals surface area contributed by atoms with Crippen molar-refractivity contribution >= 4 is 38.4 Å². The number of hydrogen-bond donors (Lipinski definition) is 2. The van der Waals surface area contributed by atoms with Gasteiger partial charge in [0.1, 0.15) is 16.6 Å². The van der Waals surface area contributed by atoms with Gasteiger partial charge in [-0.3, -0.25) is 4.55 Å². The minimum Gasteiger partial charge on any atom is -0.369 e. The lowest BCUT2D eigenvalue weighted by atomic mass is 10.2. The lowest BCUT2D eigenvalue weighted by Gasteiger charge is -2.07. The van der Waals surface area contributed by atoms with Gasteiger partial charge in [0.25, 0.3) is 0 Å². The van der Waals surface area contributed by atoms with Crippen molar-refractivity contribution in [3.8, 4) is 5.75 Å². The number of nitrogens with zero attached hydrogens (tertiary/aromatic N) is 4. The van der Waals surface area contributed by atoms with Crippen LogP contribution in [0.4, 0.5) is 5.95 Å². The molecule has 0 radical (unpaired) electrons. The third-order valence-electron chi connectivity index (χ3n) is 2.99. The first kappa shape index (κ1) is 13.5. The summed E-state index contributed by atoms with van der Waals surface area (Å²) in [6, 6.07) is 1.39. The molecule has 0 saturated carbocycles. The summed E-state index contributed by atoms with van der Waals surface area (Å²) in [7, 11) is -3.02. The van der Waals surface area contributed by atoms with Gasteiger partial charge in [0, 0.05) is 19.3 Å². The largest absolute Gasteiger partial charge is 0.446 e. The van der Waals surface area contributed by atoms with E-state index >= 15 is 0 Å². The van der Waals surface area contributed by atoms with Gasteiger partial charge in [0.2, 0.25) is 5.95 Å². The molecule has 0 aliphatic carbocycles. The maximum absolute atomic E-state index is 11.0. The van der Waals surface area contributed by atoms with Crippen LogP contribution in [0.3, 0.4) is 0 Å². The molecule has 1 aromatic carbocycles. The van der Waals surface area contributed by atoms with Crippen LogP contribution in [0.1, 0.15) is 5.69 Å². The molecule has 0 fully saturated rings. The minimum atomic E-state index is -4.68. The third-order valence-corrected chi connectivity index (χ3v) is 3.38. The first-order valence-corrected chi connectivity index (χ1v) is 7.18. The normalized spacial score (nSPS) is 12.1. The lowest BCUT2D eigenvalue weighted by molar-refractivity contribution is 0.388. The lowest BCUT2D eigenvalue weighted by Crippen LogP contribution is -2.08. The van der Waals surface area contributed by atoms with Crippen molar-refractivity contribution < 1.29 is 17.2 Å². The van der Waals surface area contributed by atoms with Crippen LogP contribution in [0, 0.1) is 6.92 Å². The number of hydrogen-bond acceptors (Lipinski definition) is 7. The second-order valence-electron chi connectivity index (χ2n) is 4.49. The highest BCUT2D eigenvalue weighted by atomic mass is 32.3. The van der Waals surface area contributed by atoms with Gasteiger partial charge in [-0.2, -0.15) is 8.42 Å². The Balaban J connectivity index is 2.48. The molecule has 10 heteroatoms. The van der Waals surface area contributed by atoms with Crippen molar-refractivity contribution in [2.24, 2.45) is 7.05 Å². The van der Waals surface area contributed by atoms with E-state index in [0.717, 1.165) is 0 Å². The fourth-order valence-corrected chi connectivity index (χ4v) is 2.41. The van der Waals surface area contributed by atoms with E-state index in [-0.39, 0.29) is 17.2 Å². The summed E-state index contributed by atoms with van der Waals surface area (Å²) >= 11 is 0. The zero-order chi connectivity index (χ0) is 15.4. The molecule has 0 atom stereocenters. The quantitative estimate of drug-likeness (QED) is 0.657. The molecular weight excluding hydrogens is 298 g/mol. The summed E-state index contributed by atoms with van der Waals surface area (Å²) in [5.74, 6) is 0.0918. The predicted octanol–water partition coefficient (Wildman–Crippen LogP) is 0.589. The smallest absolute Gasteiger partial charge is 0.369 e. The molecule has 3 aromatic rings. The van der Waals surface area contributed by atoms with Gasteiger partial charge >= 0.3 is 10.4 Å². The Labute approximate surface area is 119 Å². The van der Waals surface area contributed by atoms with Crippen LogP contribution in [0.25, 0.3) is 22.1 Å². The number of aryl methyl sites for hydroxylation is 2. The molecule has 9 nitrogen and oxygen atoms in total. The maximum atomic E-state index is 11.0. The van der Waals surface area contributed by atoms with Crippen LogP contribution in [0.2, 0.25) is 0 Å². The van der Waals surface area contributed by atoms with E-state index in [2.05, 4.69) is 19.1 Å². The van der Waals surface area contributed by atoms with Crippen molar-refractivity contribution in [2.45, 2.75) is 6.92 Å². The Morgan fingerprint density at radius 1 is 1.29 bits per heavy atom. The summed E-state index contributed by atoms with van der Waals surface area (Å²) in [6.45, 7) is 1.74. The highest BCUT2D eigenvalue weighted by Crippen LogP contribution is 2.32. The molecule has 0 spiro atoms. The Hall–Kier alpha value is -2.46. The van der Waals surface area contributed by atoms with Crippen LogP contribution in [-0.2, 0) is 17.4 Å². The van der Waals surface area contributed by atoms with Crippen LogP contribution in [0.5, 0.6) is 5.75 Å². The van der Waals surface area contributed by atoms with Crippen molar-refractivity contribution in [1.82, 2.24) is 19.5 Å². The zero-order valence-electron chi connectivity index (χ0n) is 11.1. The molecule has 0 unspecified atom stereocenters.